The summed E-state index contributed by atoms with van der Waals surface area (Å²) in [5, 5.41) is 3.65. The summed E-state index contributed by atoms with van der Waals surface area (Å²) in [6.07, 6.45) is 1.65. The summed E-state index contributed by atoms with van der Waals surface area (Å²) in [5.41, 5.74) is 5.25. The molecule has 2 aliphatic rings. The molecule has 0 spiro atoms. The second-order valence-electron chi connectivity index (χ2n) is 10.4. The number of hydrogen-bond donors (Lipinski definition) is 2. The van der Waals surface area contributed by atoms with Crippen LogP contribution in [0.1, 0.15) is 36.0 Å². The number of rotatable bonds is 7. The average Bonchev–Trinajstić information content (AvgIpc) is 2.95. The highest BCUT2D eigenvalue weighted by Crippen LogP contribution is 2.52. The Hall–Kier alpha value is -3.24. The molecule has 2 aromatic carbocycles. The van der Waals surface area contributed by atoms with E-state index in [9.17, 15) is 4.79 Å². The van der Waals surface area contributed by atoms with E-state index in [1.807, 2.05) is 29.6 Å². The zero-order valence-corrected chi connectivity index (χ0v) is 24.5. The number of aromatic nitrogens is 2. The molecule has 0 bridgehead atoms. The van der Waals surface area contributed by atoms with Gasteiger partial charge in [-0.15, -0.1) is 0 Å². The first-order valence-electron chi connectivity index (χ1n) is 13.5. The van der Waals surface area contributed by atoms with Crippen molar-refractivity contribution in [2.24, 2.45) is 0 Å². The Morgan fingerprint density at radius 3 is 2.80 bits per heavy atom. The third kappa shape index (κ3) is 5.93. The molecule has 1 fully saturated rings. The Morgan fingerprint density at radius 1 is 1.07 bits per heavy atom. The van der Waals surface area contributed by atoms with Gasteiger partial charge in [-0.05, 0) is 69.0 Å². The summed E-state index contributed by atoms with van der Waals surface area (Å²) in [6.45, 7) is 5.08. The minimum Gasteiger partial charge on any atom is -0.377 e. The zero-order chi connectivity index (χ0) is 27.6. The van der Waals surface area contributed by atoms with Gasteiger partial charge in [0.2, 0.25) is 5.56 Å². The van der Waals surface area contributed by atoms with Gasteiger partial charge in [-0.2, -0.15) is 0 Å². The van der Waals surface area contributed by atoms with E-state index in [0.717, 1.165) is 35.9 Å². The fraction of sp³-hybridized carbons (Fsp3) is 0.290. The second kappa shape index (κ2) is 11.7. The number of pyridine rings is 2. The molecule has 206 valence electrons. The summed E-state index contributed by atoms with van der Waals surface area (Å²) >= 11 is 3.62. The molecule has 0 aliphatic carbocycles. The van der Waals surface area contributed by atoms with Crippen molar-refractivity contribution in [3.05, 3.63) is 100 Å². The number of ether oxygens (including phenoxy) is 1. The number of fused-ring (bicyclic) bond motifs is 2. The number of benzene rings is 2. The number of H-pyrrole nitrogens is 1. The molecule has 9 heteroatoms. The maximum absolute atomic E-state index is 11.9. The number of nitrogens with one attached hydrogen (secondary N) is 2. The van der Waals surface area contributed by atoms with Crippen LogP contribution in [0.15, 0.2) is 97.3 Å². The monoisotopic (exact) mass is 571 g/mol. The number of anilines is 2. The molecule has 4 heterocycles. The van der Waals surface area contributed by atoms with Gasteiger partial charge < -0.3 is 24.8 Å². The van der Waals surface area contributed by atoms with Crippen molar-refractivity contribution in [1.29, 1.82) is 0 Å². The van der Waals surface area contributed by atoms with Crippen LogP contribution in [0.2, 0.25) is 0 Å². The van der Waals surface area contributed by atoms with Gasteiger partial charge in [-0.25, -0.2) is 0 Å². The third-order valence-electron chi connectivity index (χ3n) is 7.06. The maximum atomic E-state index is 11.9. The second-order valence-corrected chi connectivity index (χ2v) is 12.6. The third-order valence-corrected chi connectivity index (χ3v) is 9.67. The van der Waals surface area contributed by atoms with Gasteiger partial charge in [-0.3, -0.25) is 9.78 Å². The van der Waals surface area contributed by atoms with Crippen LogP contribution in [0.3, 0.4) is 0 Å². The molecule has 0 saturated carbocycles. The first-order valence-corrected chi connectivity index (χ1v) is 15.1. The van der Waals surface area contributed by atoms with Crippen LogP contribution in [0.25, 0.3) is 0 Å². The van der Waals surface area contributed by atoms with Crippen LogP contribution < -0.4 is 15.8 Å². The van der Waals surface area contributed by atoms with Gasteiger partial charge in [0.15, 0.2) is 0 Å². The highest BCUT2D eigenvalue weighted by atomic mass is 32.2. The fourth-order valence-electron chi connectivity index (χ4n) is 5.14. The van der Waals surface area contributed by atoms with E-state index in [-0.39, 0.29) is 17.7 Å². The Kier molecular flexibility index (Phi) is 7.89. The molecule has 0 amide bonds. The molecule has 0 radical (unpaired) electrons. The lowest BCUT2D eigenvalue weighted by atomic mass is 10.1. The predicted octanol–water partition coefficient (Wildman–Crippen LogP) is 6.20. The Labute approximate surface area is 243 Å². The van der Waals surface area contributed by atoms with Gasteiger partial charge in [0.25, 0.3) is 0 Å². The van der Waals surface area contributed by atoms with Crippen molar-refractivity contribution in [1.82, 2.24) is 14.9 Å². The topological polar surface area (TPSA) is 73.5 Å². The van der Waals surface area contributed by atoms with Crippen LogP contribution >= 0.6 is 23.5 Å². The minimum absolute atomic E-state index is 0.0600. The van der Waals surface area contributed by atoms with Crippen molar-refractivity contribution in [3.63, 3.8) is 0 Å². The van der Waals surface area contributed by atoms with E-state index in [4.69, 9.17) is 9.72 Å². The normalized spacial score (nSPS) is 17.3. The first-order chi connectivity index (χ1) is 19.4. The van der Waals surface area contributed by atoms with Gasteiger partial charge in [-0.1, -0.05) is 41.7 Å². The molecule has 2 aromatic heterocycles. The van der Waals surface area contributed by atoms with Crippen molar-refractivity contribution in [3.8, 4) is 0 Å². The highest BCUT2D eigenvalue weighted by Gasteiger charge is 2.28. The Bertz CT molecular complexity index is 1570. The number of nitrogens with zero attached hydrogens (tertiary/aromatic N) is 3. The van der Waals surface area contributed by atoms with Crippen LogP contribution in [0.4, 0.5) is 11.4 Å². The summed E-state index contributed by atoms with van der Waals surface area (Å²) in [5.74, 6) is 0. The standard InChI is InChI=1S/C31H33N5O2S2/c1-20(25-8-4-6-22(34-25)18-35(2)3)33-21-10-11-27-29(16-21)39-28-9-5-7-24(31(28)40-27)26-19-36(14-15-38-26)23-12-13-32-30(37)17-23/h4-13,16-17,20,26,33H,14-15,18-19H2,1-3H3,(H,32,37). The van der Waals surface area contributed by atoms with Crippen molar-refractivity contribution in [2.45, 2.75) is 45.2 Å². The first kappa shape index (κ1) is 27.0. The lowest BCUT2D eigenvalue weighted by molar-refractivity contribution is 0.0379. The Balaban J connectivity index is 1.19. The molecule has 7 nitrogen and oxygen atoms in total. The molecule has 4 aromatic rings. The van der Waals surface area contributed by atoms with E-state index in [0.29, 0.717) is 13.2 Å². The number of morpholine rings is 1. The molecule has 2 aliphatic heterocycles. The van der Waals surface area contributed by atoms with E-state index in [1.54, 1.807) is 12.3 Å². The van der Waals surface area contributed by atoms with E-state index in [1.165, 1.54) is 25.1 Å². The van der Waals surface area contributed by atoms with Crippen LogP contribution in [0, 0.1) is 0 Å². The molecule has 40 heavy (non-hydrogen) atoms. The van der Waals surface area contributed by atoms with Crippen molar-refractivity contribution >= 4 is 34.9 Å². The lowest BCUT2D eigenvalue weighted by Gasteiger charge is -2.36. The highest BCUT2D eigenvalue weighted by molar-refractivity contribution is 8.05. The summed E-state index contributed by atoms with van der Waals surface area (Å²) in [6, 6.07) is 23.1. The summed E-state index contributed by atoms with van der Waals surface area (Å²) in [4.78, 5) is 28.8. The molecule has 1 saturated heterocycles. The quantitative estimate of drug-likeness (QED) is 0.239. The molecular formula is C31H33N5O2S2. The van der Waals surface area contributed by atoms with Gasteiger partial charge >= 0.3 is 0 Å². The molecule has 2 unspecified atom stereocenters. The lowest BCUT2D eigenvalue weighted by Crippen LogP contribution is -2.39. The number of hydrogen-bond acceptors (Lipinski definition) is 8. The van der Waals surface area contributed by atoms with Crippen LogP contribution in [0.5, 0.6) is 0 Å². The van der Waals surface area contributed by atoms with Crippen molar-refractivity contribution < 1.29 is 4.74 Å². The molecular weight excluding hydrogens is 539 g/mol. The molecule has 2 atom stereocenters. The average molecular weight is 572 g/mol. The van der Waals surface area contributed by atoms with E-state index >= 15 is 0 Å². The Morgan fingerprint density at radius 2 is 1.95 bits per heavy atom. The largest absolute Gasteiger partial charge is 0.377 e. The zero-order valence-electron chi connectivity index (χ0n) is 22.9. The molecule has 2 N–H and O–H groups in total. The van der Waals surface area contributed by atoms with Crippen LogP contribution in [-0.2, 0) is 11.3 Å². The predicted molar refractivity (Wildman–Crippen MR) is 163 cm³/mol. The van der Waals surface area contributed by atoms with E-state index < -0.39 is 0 Å². The molecule has 6 rings (SSSR count). The maximum Gasteiger partial charge on any atom is 0.249 e. The fourth-order valence-corrected chi connectivity index (χ4v) is 7.59. The smallest absolute Gasteiger partial charge is 0.249 e. The SMILES string of the molecule is CC(Nc1ccc2c(c1)Sc1cccc(C3CN(c4cc[nH]c(=O)c4)CCO3)c1S2)c1cccc(CN(C)C)n1. The summed E-state index contributed by atoms with van der Waals surface area (Å²) < 4.78 is 6.27. The van der Waals surface area contributed by atoms with E-state index in [2.05, 4.69) is 95.7 Å². The number of aromatic amines is 1. The van der Waals surface area contributed by atoms with Crippen LogP contribution in [-0.4, -0.2) is 48.7 Å². The van der Waals surface area contributed by atoms with Crippen molar-refractivity contribution in [2.75, 3.05) is 44.0 Å². The van der Waals surface area contributed by atoms with Gasteiger partial charge in [0.05, 0.1) is 24.0 Å². The van der Waals surface area contributed by atoms with Gasteiger partial charge in [0.1, 0.15) is 6.10 Å². The minimum atomic E-state index is -0.0847. The van der Waals surface area contributed by atoms with Gasteiger partial charge in [0, 0.05) is 62.9 Å². The summed E-state index contributed by atoms with van der Waals surface area (Å²) in [7, 11) is 4.12.